The van der Waals surface area contributed by atoms with Gasteiger partial charge in [-0.15, -0.1) is 0 Å². The third-order valence-corrected chi connectivity index (χ3v) is 4.78. The average Bonchev–Trinajstić information content (AvgIpc) is 3.31. The lowest BCUT2D eigenvalue weighted by molar-refractivity contribution is 0.925. The number of para-hydroxylation sites is 1. The number of hydrogen-bond donors (Lipinski definition) is 1. The Morgan fingerprint density at radius 2 is 2.04 bits per heavy atom. The maximum absolute atomic E-state index is 4.53. The van der Waals surface area contributed by atoms with Gasteiger partial charge < -0.3 is 9.55 Å². The van der Waals surface area contributed by atoms with Gasteiger partial charge in [0.25, 0.3) is 0 Å². The van der Waals surface area contributed by atoms with Crippen molar-refractivity contribution in [1.29, 1.82) is 0 Å². The van der Waals surface area contributed by atoms with E-state index < -0.39 is 0 Å². The van der Waals surface area contributed by atoms with Crippen LogP contribution < -0.4 is 0 Å². The molecule has 1 aromatic carbocycles. The predicted octanol–water partition coefficient (Wildman–Crippen LogP) is 3.93. The first-order valence-electron chi connectivity index (χ1n) is 8.08. The van der Waals surface area contributed by atoms with Crippen LogP contribution >= 0.6 is 0 Å². The van der Waals surface area contributed by atoms with Gasteiger partial charge in [-0.25, -0.2) is 9.98 Å². The first-order chi connectivity index (χ1) is 11.7. The van der Waals surface area contributed by atoms with E-state index in [1.165, 1.54) is 10.8 Å². The molecule has 0 fully saturated rings. The van der Waals surface area contributed by atoms with Crippen LogP contribution in [0.5, 0.6) is 0 Å². The molecule has 1 unspecified atom stereocenters. The molecule has 0 amide bonds. The molecule has 1 atom stereocenters. The second kappa shape index (κ2) is 4.71. The molecule has 4 heterocycles. The molecule has 3 aromatic heterocycles. The van der Waals surface area contributed by atoms with Gasteiger partial charge >= 0.3 is 0 Å². The number of fused-ring (bicyclic) bond motifs is 3. The highest BCUT2D eigenvalue weighted by Gasteiger charge is 2.19. The molecule has 4 aromatic rings. The van der Waals surface area contributed by atoms with Crippen molar-refractivity contribution in [2.75, 3.05) is 0 Å². The Morgan fingerprint density at radius 3 is 2.79 bits per heavy atom. The summed E-state index contributed by atoms with van der Waals surface area (Å²) in [5, 5.41) is 2.42. The summed E-state index contributed by atoms with van der Waals surface area (Å²) in [4.78, 5) is 12.6. The van der Waals surface area contributed by atoms with E-state index in [4.69, 9.17) is 0 Å². The number of aromatic amines is 1. The summed E-state index contributed by atoms with van der Waals surface area (Å²) in [5.74, 6) is 2.33. The summed E-state index contributed by atoms with van der Waals surface area (Å²) in [7, 11) is 2.02. The fraction of sp³-hybridized carbons (Fsp3) is 0.158. The van der Waals surface area contributed by atoms with E-state index in [-0.39, 0.29) is 0 Å². The average molecular weight is 315 g/mol. The number of aliphatic imine (C=N–C) groups is 1. The van der Waals surface area contributed by atoms with Crippen LogP contribution in [0.15, 0.2) is 60.1 Å². The van der Waals surface area contributed by atoms with Crippen LogP contribution in [-0.2, 0) is 7.05 Å². The van der Waals surface area contributed by atoms with Gasteiger partial charge in [-0.1, -0.05) is 25.1 Å². The van der Waals surface area contributed by atoms with Gasteiger partial charge in [-0.05, 0) is 12.1 Å². The fourth-order valence-electron chi connectivity index (χ4n) is 3.54. The summed E-state index contributed by atoms with van der Waals surface area (Å²) in [6.45, 7) is 2.16. The molecule has 118 valence electrons. The van der Waals surface area contributed by atoms with E-state index in [2.05, 4.69) is 63.0 Å². The minimum atomic E-state index is 0.320. The monoisotopic (exact) mass is 315 g/mol. The van der Waals surface area contributed by atoms with Crippen molar-refractivity contribution in [3.8, 4) is 11.4 Å². The standard InChI is InChI=1S/C19H17N5/c1-12-6-8-20-17(12)24-10-7-14-13-4-3-5-15(16(13)22-19(14)24)18-21-9-11-23(18)2/h3-12,22H,1-2H3. The number of hydrogen-bond acceptors (Lipinski definition) is 2. The Labute approximate surface area is 139 Å². The fourth-order valence-corrected chi connectivity index (χ4v) is 3.54. The van der Waals surface area contributed by atoms with Crippen LogP contribution in [0.1, 0.15) is 6.92 Å². The van der Waals surface area contributed by atoms with Crippen LogP contribution in [0.4, 0.5) is 0 Å². The molecular weight excluding hydrogens is 298 g/mol. The number of allylic oxidation sites excluding steroid dienone is 1. The molecule has 1 aliphatic rings. The van der Waals surface area contributed by atoms with Gasteiger partial charge in [0, 0.05) is 54.1 Å². The van der Waals surface area contributed by atoms with Gasteiger partial charge in [0.15, 0.2) is 0 Å². The molecule has 0 radical (unpaired) electrons. The second-order valence-electron chi connectivity index (χ2n) is 6.28. The number of H-pyrrole nitrogens is 1. The van der Waals surface area contributed by atoms with Gasteiger partial charge in [-0.2, -0.15) is 0 Å². The molecule has 0 aliphatic carbocycles. The summed E-state index contributed by atoms with van der Waals surface area (Å²) in [6.07, 6.45) is 9.89. The molecule has 5 heteroatoms. The van der Waals surface area contributed by atoms with Crippen molar-refractivity contribution in [3.05, 3.63) is 55.1 Å². The van der Waals surface area contributed by atoms with Gasteiger partial charge in [-0.3, -0.25) is 4.57 Å². The number of nitrogens with one attached hydrogen (secondary N) is 1. The molecular formula is C19H17N5. The third-order valence-electron chi connectivity index (χ3n) is 4.78. The summed E-state index contributed by atoms with van der Waals surface area (Å²) < 4.78 is 4.20. The lowest BCUT2D eigenvalue weighted by Gasteiger charge is -2.08. The normalized spacial score (nSPS) is 17.2. The van der Waals surface area contributed by atoms with E-state index in [0.717, 1.165) is 28.4 Å². The lowest BCUT2D eigenvalue weighted by Crippen LogP contribution is -2.15. The highest BCUT2D eigenvalue weighted by molar-refractivity contribution is 6.13. The third kappa shape index (κ3) is 1.69. The zero-order valence-electron chi connectivity index (χ0n) is 13.6. The SMILES string of the molecule is CC1C=CN=C1n1ccc2c3cccc(-c4nccn4C)c3[nH]c21. The van der Waals surface area contributed by atoms with Crippen LogP contribution in [0, 0.1) is 5.92 Å². The van der Waals surface area contributed by atoms with Crippen LogP contribution in [0.25, 0.3) is 33.3 Å². The highest BCUT2D eigenvalue weighted by atomic mass is 15.1. The maximum atomic E-state index is 4.53. The van der Waals surface area contributed by atoms with E-state index in [0.29, 0.717) is 5.92 Å². The molecule has 5 nitrogen and oxygen atoms in total. The summed E-state index contributed by atoms with van der Waals surface area (Å²) in [5.41, 5.74) is 3.31. The first kappa shape index (κ1) is 13.4. The Balaban J connectivity index is 1.80. The highest BCUT2D eigenvalue weighted by Crippen LogP contribution is 2.33. The van der Waals surface area contributed by atoms with Crippen LogP contribution in [-0.4, -0.2) is 24.9 Å². The zero-order chi connectivity index (χ0) is 16.3. The van der Waals surface area contributed by atoms with E-state index in [1.807, 2.05) is 30.2 Å². The van der Waals surface area contributed by atoms with E-state index in [9.17, 15) is 0 Å². The Morgan fingerprint density at radius 1 is 1.12 bits per heavy atom. The number of benzene rings is 1. The van der Waals surface area contributed by atoms with Gasteiger partial charge in [0.2, 0.25) is 0 Å². The topological polar surface area (TPSA) is 50.9 Å². The van der Waals surface area contributed by atoms with Gasteiger partial charge in [0.1, 0.15) is 17.3 Å². The number of imidazole rings is 1. The van der Waals surface area contributed by atoms with E-state index >= 15 is 0 Å². The van der Waals surface area contributed by atoms with Crippen LogP contribution in [0.3, 0.4) is 0 Å². The van der Waals surface area contributed by atoms with Crippen molar-refractivity contribution < 1.29 is 0 Å². The van der Waals surface area contributed by atoms with Crippen molar-refractivity contribution in [2.24, 2.45) is 18.0 Å². The Bertz CT molecular complexity index is 1140. The minimum Gasteiger partial charge on any atom is -0.340 e. The molecule has 0 saturated carbocycles. The van der Waals surface area contributed by atoms with Crippen LogP contribution in [0.2, 0.25) is 0 Å². The van der Waals surface area contributed by atoms with Crippen molar-refractivity contribution in [1.82, 2.24) is 19.1 Å². The lowest BCUT2D eigenvalue weighted by atomic mass is 10.1. The smallest absolute Gasteiger partial charge is 0.141 e. The number of rotatable bonds is 1. The maximum Gasteiger partial charge on any atom is 0.141 e. The molecule has 24 heavy (non-hydrogen) atoms. The van der Waals surface area contributed by atoms with Crippen molar-refractivity contribution >= 4 is 27.8 Å². The largest absolute Gasteiger partial charge is 0.340 e. The molecule has 1 N–H and O–H groups in total. The van der Waals surface area contributed by atoms with Crippen molar-refractivity contribution in [2.45, 2.75) is 6.92 Å². The Kier molecular flexibility index (Phi) is 2.62. The first-order valence-corrected chi connectivity index (χ1v) is 8.08. The summed E-state index contributed by atoms with van der Waals surface area (Å²) >= 11 is 0. The Hall–Kier alpha value is -3.08. The molecule has 0 spiro atoms. The predicted molar refractivity (Wildman–Crippen MR) is 97.1 cm³/mol. The zero-order valence-corrected chi connectivity index (χ0v) is 13.6. The molecule has 0 saturated heterocycles. The summed E-state index contributed by atoms with van der Waals surface area (Å²) in [6, 6.07) is 8.52. The van der Waals surface area contributed by atoms with Gasteiger partial charge in [0.05, 0.1) is 5.52 Å². The molecule has 1 aliphatic heterocycles. The number of nitrogens with zero attached hydrogens (tertiary/aromatic N) is 4. The quantitative estimate of drug-likeness (QED) is 0.568. The second-order valence-corrected chi connectivity index (χ2v) is 6.28. The number of aryl methyl sites for hydroxylation is 1. The molecule has 5 rings (SSSR count). The number of aromatic nitrogens is 4. The molecule has 0 bridgehead atoms. The van der Waals surface area contributed by atoms with E-state index in [1.54, 1.807) is 0 Å². The minimum absolute atomic E-state index is 0.320. The van der Waals surface area contributed by atoms with Crippen molar-refractivity contribution in [3.63, 3.8) is 0 Å².